The van der Waals surface area contributed by atoms with Crippen LogP contribution in [0.15, 0.2) is 18.3 Å². The van der Waals surface area contributed by atoms with Crippen molar-refractivity contribution < 1.29 is 9.90 Å². The van der Waals surface area contributed by atoms with Crippen LogP contribution in [0.25, 0.3) is 0 Å². The van der Waals surface area contributed by atoms with Gasteiger partial charge in [0.25, 0.3) is 0 Å². The molecule has 1 heterocycles. The van der Waals surface area contributed by atoms with E-state index in [1.54, 1.807) is 18.3 Å². The topological polar surface area (TPSA) is 63.1 Å². The lowest BCUT2D eigenvalue weighted by molar-refractivity contribution is -0.145. The Bertz CT molecular complexity index is 345. The molecule has 0 aliphatic heterocycles. The summed E-state index contributed by atoms with van der Waals surface area (Å²) < 4.78 is 0. The summed E-state index contributed by atoms with van der Waals surface area (Å²) in [5.74, 6) is -0.761. The quantitative estimate of drug-likeness (QED) is 0.800. The standard InChI is InChI=1S/C11H14N2O2/c14-10(15)11(6-2-1-3-7-11)9-5-4-8-12-13-9/h4-5,8H,1-3,6-7H2,(H,14,15). The van der Waals surface area contributed by atoms with Gasteiger partial charge in [0, 0.05) is 6.20 Å². The van der Waals surface area contributed by atoms with Crippen molar-refractivity contribution >= 4 is 5.97 Å². The van der Waals surface area contributed by atoms with E-state index >= 15 is 0 Å². The summed E-state index contributed by atoms with van der Waals surface area (Å²) in [4.78, 5) is 11.4. The molecule has 80 valence electrons. The molecule has 1 aliphatic carbocycles. The third-order valence-corrected chi connectivity index (χ3v) is 3.18. The van der Waals surface area contributed by atoms with Crippen molar-refractivity contribution in [3.05, 3.63) is 24.0 Å². The second-order valence-corrected chi connectivity index (χ2v) is 4.06. The van der Waals surface area contributed by atoms with Crippen molar-refractivity contribution in [2.24, 2.45) is 0 Å². The Morgan fingerprint density at radius 1 is 1.33 bits per heavy atom. The highest BCUT2D eigenvalue weighted by Gasteiger charge is 2.42. The summed E-state index contributed by atoms with van der Waals surface area (Å²) >= 11 is 0. The van der Waals surface area contributed by atoms with Crippen LogP contribution < -0.4 is 0 Å². The van der Waals surface area contributed by atoms with Crippen LogP contribution in [0.3, 0.4) is 0 Å². The summed E-state index contributed by atoms with van der Waals surface area (Å²) in [5.41, 5.74) is -0.177. The molecule has 1 aromatic heterocycles. The van der Waals surface area contributed by atoms with Gasteiger partial charge in [0.1, 0.15) is 5.41 Å². The van der Waals surface area contributed by atoms with Gasteiger partial charge in [-0.1, -0.05) is 19.3 Å². The average molecular weight is 206 g/mol. The molecule has 0 spiro atoms. The summed E-state index contributed by atoms with van der Waals surface area (Å²) in [6.07, 6.45) is 5.98. The van der Waals surface area contributed by atoms with Crippen LogP contribution in [0.2, 0.25) is 0 Å². The van der Waals surface area contributed by atoms with Crippen molar-refractivity contribution in [1.82, 2.24) is 10.2 Å². The predicted octanol–water partition coefficient (Wildman–Crippen LogP) is 1.76. The van der Waals surface area contributed by atoms with Gasteiger partial charge in [0.05, 0.1) is 5.69 Å². The lowest BCUT2D eigenvalue weighted by Crippen LogP contribution is -2.38. The van der Waals surface area contributed by atoms with Crippen LogP contribution in [0, 0.1) is 0 Å². The molecule has 0 bridgehead atoms. The third kappa shape index (κ3) is 1.71. The lowest BCUT2D eigenvalue weighted by atomic mass is 9.72. The Morgan fingerprint density at radius 3 is 2.60 bits per heavy atom. The van der Waals surface area contributed by atoms with Gasteiger partial charge in [-0.3, -0.25) is 4.79 Å². The van der Waals surface area contributed by atoms with E-state index in [1.165, 1.54) is 0 Å². The number of nitrogens with zero attached hydrogens (tertiary/aromatic N) is 2. The molecule has 0 atom stereocenters. The monoisotopic (exact) mass is 206 g/mol. The molecule has 1 aliphatic rings. The molecule has 4 nitrogen and oxygen atoms in total. The number of carbonyl (C=O) groups is 1. The minimum atomic E-state index is -0.785. The number of rotatable bonds is 2. The molecular formula is C11H14N2O2. The molecule has 4 heteroatoms. The van der Waals surface area contributed by atoms with Crippen LogP contribution in [0.5, 0.6) is 0 Å². The largest absolute Gasteiger partial charge is 0.481 e. The Hall–Kier alpha value is -1.45. The molecule has 1 saturated carbocycles. The zero-order chi connectivity index (χ0) is 10.7. The van der Waals surface area contributed by atoms with Crippen molar-refractivity contribution in [2.75, 3.05) is 0 Å². The van der Waals surface area contributed by atoms with Gasteiger partial charge in [0.15, 0.2) is 0 Å². The van der Waals surface area contributed by atoms with E-state index in [0.717, 1.165) is 19.3 Å². The fourth-order valence-electron chi connectivity index (χ4n) is 2.29. The first kappa shape index (κ1) is 10.1. The first-order chi connectivity index (χ1) is 7.26. The molecule has 2 rings (SSSR count). The maximum absolute atomic E-state index is 11.4. The summed E-state index contributed by atoms with van der Waals surface area (Å²) in [6, 6.07) is 3.52. The van der Waals surface area contributed by atoms with Crippen molar-refractivity contribution in [1.29, 1.82) is 0 Å². The first-order valence-corrected chi connectivity index (χ1v) is 5.27. The molecule has 1 N–H and O–H groups in total. The van der Waals surface area contributed by atoms with Crippen LogP contribution in [0.1, 0.15) is 37.8 Å². The van der Waals surface area contributed by atoms with Crippen LogP contribution >= 0.6 is 0 Å². The van der Waals surface area contributed by atoms with Crippen molar-refractivity contribution in [3.8, 4) is 0 Å². The number of hydrogen-bond donors (Lipinski definition) is 1. The molecule has 0 amide bonds. The van der Waals surface area contributed by atoms with E-state index in [9.17, 15) is 9.90 Å². The minimum Gasteiger partial charge on any atom is -0.481 e. The van der Waals surface area contributed by atoms with E-state index in [0.29, 0.717) is 18.5 Å². The van der Waals surface area contributed by atoms with E-state index < -0.39 is 11.4 Å². The fraction of sp³-hybridized carbons (Fsp3) is 0.545. The van der Waals surface area contributed by atoms with Crippen LogP contribution in [0.4, 0.5) is 0 Å². The highest BCUT2D eigenvalue weighted by Crippen LogP contribution is 2.38. The molecule has 0 radical (unpaired) electrons. The summed E-state index contributed by atoms with van der Waals surface area (Å²) in [7, 11) is 0. The van der Waals surface area contributed by atoms with Gasteiger partial charge in [-0.05, 0) is 25.0 Å². The highest BCUT2D eigenvalue weighted by atomic mass is 16.4. The van der Waals surface area contributed by atoms with E-state index in [4.69, 9.17) is 0 Å². The normalized spacial score (nSPS) is 19.7. The Labute approximate surface area is 88.3 Å². The first-order valence-electron chi connectivity index (χ1n) is 5.27. The number of aliphatic carboxylic acids is 1. The molecule has 1 aromatic rings. The van der Waals surface area contributed by atoms with Gasteiger partial charge in [-0.15, -0.1) is 0 Å². The smallest absolute Gasteiger partial charge is 0.315 e. The predicted molar refractivity (Wildman–Crippen MR) is 54.4 cm³/mol. The van der Waals surface area contributed by atoms with Gasteiger partial charge >= 0.3 is 5.97 Å². The number of aromatic nitrogens is 2. The third-order valence-electron chi connectivity index (χ3n) is 3.18. The maximum Gasteiger partial charge on any atom is 0.315 e. The molecular weight excluding hydrogens is 192 g/mol. The van der Waals surface area contributed by atoms with Crippen LogP contribution in [-0.2, 0) is 10.2 Å². The second kappa shape index (κ2) is 3.96. The van der Waals surface area contributed by atoms with Gasteiger partial charge < -0.3 is 5.11 Å². The van der Waals surface area contributed by atoms with E-state index in [2.05, 4.69) is 10.2 Å². The Balaban J connectivity index is 2.38. The van der Waals surface area contributed by atoms with Gasteiger partial charge in [-0.2, -0.15) is 10.2 Å². The molecule has 0 saturated heterocycles. The number of carboxylic acids is 1. The average Bonchev–Trinajstić information content (AvgIpc) is 2.31. The lowest BCUT2D eigenvalue weighted by Gasteiger charge is -2.31. The van der Waals surface area contributed by atoms with Crippen LogP contribution in [-0.4, -0.2) is 21.3 Å². The Morgan fingerprint density at radius 2 is 2.07 bits per heavy atom. The second-order valence-electron chi connectivity index (χ2n) is 4.06. The highest BCUT2D eigenvalue weighted by molar-refractivity contribution is 5.80. The summed E-state index contributed by atoms with van der Waals surface area (Å²) in [6.45, 7) is 0. The van der Waals surface area contributed by atoms with Crippen molar-refractivity contribution in [3.63, 3.8) is 0 Å². The summed E-state index contributed by atoms with van der Waals surface area (Å²) in [5, 5.41) is 17.1. The number of carboxylic acid groups (broad SMARTS) is 1. The van der Waals surface area contributed by atoms with E-state index in [1.807, 2.05) is 0 Å². The zero-order valence-corrected chi connectivity index (χ0v) is 8.52. The maximum atomic E-state index is 11.4. The fourth-order valence-corrected chi connectivity index (χ4v) is 2.29. The molecule has 15 heavy (non-hydrogen) atoms. The van der Waals surface area contributed by atoms with E-state index in [-0.39, 0.29) is 0 Å². The molecule has 0 aromatic carbocycles. The van der Waals surface area contributed by atoms with Crippen molar-refractivity contribution in [2.45, 2.75) is 37.5 Å². The Kier molecular flexibility index (Phi) is 2.66. The SMILES string of the molecule is O=C(O)C1(c2cccnn2)CCCCC1. The molecule has 0 unspecified atom stereocenters. The zero-order valence-electron chi connectivity index (χ0n) is 8.52. The molecule has 1 fully saturated rings. The number of hydrogen-bond acceptors (Lipinski definition) is 3. The minimum absolute atomic E-state index is 0.609. The van der Waals surface area contributed by atoms with Gasteiger partial charge in [-0.25, -0.2) is 0 Å². The van der Waals surface area contributed by atoms with Gasteiger partial charge in [0.2, 0.25) is 0 Å².